The highest BCUT2D eigenvalue weighted by atomic mass is 32.2. The van der Waals surface area contributed by atoms with Crippen molar-refractivity contribution in [2.24, 2.45) is 0 Å². The third-order valence-electron chi connectivity index (χ3n) is 6.75. The highest BCUT2D eigenvalue weighted by molar-refractivity contribution is 7.99. The van der Waals surface area contributed by atoms with Crippen LogP contribution in [-0.4, -0.2) is 89.8 Å². The highest BCUT2D eigenvalue weighted by Crippen LogP contribution is 2.32. The van der Waals surface area contributed by atoms with Crippen LogP contribution >= 0.6 is 11.8 Å². The molecule has 2 fully saturated rings. The molecule has 10 nitrogen and oxygen atoms in total. The number of piperazine rings is 1. The number of likely N-dealkylation sites (tertiary alicyclic amines) is 1. The Labute approximate surface area is 220 Å². The molecule has 2 aliphatic heterocycles. The van der Waals surface area contributed by atoms with Gasteiger partial charge in [0.25, 0.3) is 5.69 Å². The summed E-state index contributed by atoms with van der Waals surface area (Å²) in [6, 6.07) is 13.2. The van der Waals surface area contributed by atoms with Gasteiger partial charge in [-0.15, -0.1) is 0 Å². The fourth-order valence-electron chi connectivity index (χ4n) is 4.47. The summed E-state index contributed by atoms with van der Waals surface area (Å²) in [6.07, 6.45) is 0.0249. The van der Waals surface area contributed by atoms with Crippen molar-refractivity contribution in [1.82, 2.24) is 14.7 Å². The van der Waals surface area contributed by atoms with Gasteiger partial charge in [-0.2, -0.15) is 11.8 Å². The van der Waals surface area contributed by atoms with Crippen LogP contribution in [0.1, 0.15) is 17.5 Å². The Bertz CT molecular complexity index is 1090. The maximum absolute atomic E-state index is 13.5. The molecule has 2 saturated heterocycles. The van der Waals surface area contributed by atoms with E-state index in [4.69, 9.17) is 9.47 Å². The zero-order valence-corrected chi connectivity index (χ0v) is 21.9. The van der Waals surface area contributed by atoms with E-state index in [1.54, 1.807) is 35.9 Å². The maximum Gasteiger partial charge on any atom is 0.410 e. The number of thioether (sulfide) groups is 1. The van der Waals surface area contributed by atoms with Crippen LogP contribution in [0.5, 0.6) is 5.75 Å². The number of rotatable bonds is 8. The zero-order chi connectivity index (χ0) is 26.4. The van der Waals surface area contributed by atoms with Crippen molar-refractivity contribution in [3.8, 4) is 5.75 Å². The van der Waals surface area contributed by atoms with E-state index in [2.05, 4.69) is 4.90 Å². The summed E-state index contributed by atoms with van der Waals surface area (Å²) >= 11 is 1.73. The van der Waals surface area contributed by atoms with Crippen LogP contribution in [0, 0.1) is 10.1 Å². The van der Waals surface area contributed by atoms with Gasteiger partial charge in [0, 0.05) is 55.9 Å². The molecule has 0 unspecified atom stereocenters. The lowest BCUT2D eigenvalue weighted by molar-refractivity contribution is -0.384. The first-order valence-electron chi connectivity index (χ1n) is 12.2. The van der Waals surface area contributed by atoms with Gasteiger partial charge in [0.15, 0.2) is 0 Å². The molecule has 2 heterocycles. The molecule has 0 saturated carbocycles. The van der Waals surface area contributed by atoms with Crippen LogP contribution in [0.2, 0.25) is 0 Å². The first-order chi connectivity index (χ1) is 17.8. The number of hydrogen-bond donors (Lipinski definition) is 0. The Hall–Kier alpha value is -3.31. The van der Waals surface area contributed by atoms with Crippen LogP contribution in [0.25, 0.3) is 0 Å². The third-order valence-corrected chi connectivity index (χ3v) is 8.06. The predicted molar refractivity (Wildman–Crippen MR) is 141 cm³/mol. The number of methoxy groups -OCH3 is 1. The number of nitro groups is 1. The standard InChI is InChI=1S/C26H32N4O6S/c1-27-11-13-28(14-12-27)25(31)24-15-23(37-18-20-5-9-22(35-2)10-6-20)16-29(24)26(32)36-17-19-3-7-21(8-4-19)30(33)34/h3-10,23-24H,11-18H2,1-2H3/t23-,24-/m0/s1. The molecule has 0 bridgehead atoms. The lowest BCUT2D eigenvalue weighted by atomic mass is 10.1. The average Bonchev–Trinajstić information content (AvgIpc) is 3.35. The fraction of sp³-hybridized carbons (Fsp3) is 0.462. The Morgan fingerprint density at radius 3 is 2.30 bits per heavy atom. The van der Waals surface area contributed by atoms with Gasteiger partial charge in [-0.1, -0.05) is 12.1 Å². The van der Waals surface area contributed by atoms with Crippen LogP contribution < -0.4 is 4.74 Å². The van der Waals surface area contributed by atoms with E-state index in [0.29, 0.717) is 31.6 Å². The molecule has 2 atom stereocenters. The molecule has 2 amide bonds. The van der Waals surface area contributed by atoms with Crippen molar-refractivity contribution in [2.75, 3.05) is 46.9 Å². The second kappa shape index (κ2) is 12.3. The van der Waals surface area contributed by atoms with Crippen LogP contribution in [0.4, 0.5) is 10.5 Å². The number of likely N-dealkylation sites (N-methyl/N-ethyl adjacent to an activating group) is 1. The van der Waals surface area contributed by atoms with Crippen molar-refractivity contribution < 1.29 is 24.0 Å². The molecule has 2 aliphatic rings. The molecule has 198 valence electrons. The van der Waals surface area contributed by atoms with Gasteiger partial charge in [-0.3, -0.25) is 19.8 Å². The summed E-state index contributed by atoms with van der Waals surface area (Å²) in [5.74, 6) is 1.53. The Morgan fingerprint density at radius 1 is 1.03 bits per heavy atom. The molecule has 0 N–H and O–H groups in total. The lowest BCUT2D eigenvalue weighted by Gasteiger charge is -2.35. The smallest absolute Gasteiger partial charge is 0.410 e. The first kappa shape index (κ1) is 26.7. The number of hydrogen-bond acceptors (Lipinski definition) is 8. The molecule has 4 rings (SSSR count). The molecule has 0 radical (unpaired) electrons. The number of carbonyl (C=O) groups is 2. The Morgan fingerprint density at radius 2 is 1.68 bits per heavy atom. The fourth-order valence-corrected chi connectivity index (χ4v) is 5.67. The number of nitrogens with zero attached hydrogens (tertiary/aromatic N) is 4. The van der Waals surface area contributed by atoms with E-state index >= 15 is 0 Å². The average molecular weight is 529 g/mol. The predicted octanol–water partition coefficient (Wildman–Crippen LogP) is 3.39. The van der Waals surface area contributed by atoms with Crippen molar-refractivity contribution in [3.63, 3.8) is 0 Å². The Balaban J connectivity index is 1.40. The third kappa shape index (κ3) is 6.92. The summed E-state index contributed by atoms with van der Waals surface area (Å²) in [5.41, 5.74) is 1.77. The minimum Gasteiger partial charge on any atom is -0.497 e. The molecule has 2 aromatic carbocycles. The van der Waals surface area contributed by atoms with Crippen molar-refractivity contribution in [2.45, 2.75) is 30.1 Å². The van der Waals surface area contributed by atoms with Gasteiger partial charge in [-0.25, -0.2) is 4.79 Å². The van der Waals surface area contributed by atoms with E-state index in [9.17, 15) is 19.7 Å². The minimum atomic E-state index is -0.568. The van der Waals surface area contributed by atoms with Crippen molar-refractivity contribution in [3.05, 3.63) is 69.8 Å². The van der Waals surface area contributed by atoms with E-state index in [-0.39, 0.29) is 23.5 Å². The second-order valence-corrected chi connectivity index (χ2v) is 10.6. The maximum atomic E-state index is 13.5. The van der Waals surface area contributed by atoms with Gasteiger partial charge in [0.1, 0.15) is 18.4 Å². The van der Waals surface area contributed by atoms with Crippen molar-refractivity contribution >= 4 is 29.4 Å². The van der Waals surface area contributed by atoms with Gasteiger partial charge >= 0.3 is 6.09 Å². The number of benzene rings is 2. The number of nitro benzene ring substituents is 1. The molecule has 11 heteroatoms. The van der Waals surface area contributed by atoms with Gasteiger partial charge in [0.05, 0.1) is 12.0 Å². The summed E-state index contributed by atoms with van der Waals surface area (Å²) in [6.45, 7) is 3.29. The molecule has 37 heavy (non-hydrogen) atoms. The lowest BCUT2D eigenvalue weighted by Crippen LogP contribution is -2.53. The highest BCUT2D eigenvalue weighted by Gasteiger charge is 2.42. The van der Waals surface area contributed by atoms with Gasteiger partial charge in [-0.05, 0) is 48.9 Å². The van der Waals surface area contributed by atoms with E-state index in [0.717, 1.165) is 30.2 Å². The number of amides is 2. The molecule has 0 aliphatic carbocycles. The largest absolute Gasteiger partial charge is 0.497 e. The molecular weight excluding hydrogens is 496 g/mol. The molecule has 2 aromatic rings. The molecule has 0 aromatic heterocycles. The zero-order valence-electron chi connectivity index (χ0n) is 21.1. The SMILES string of the molecule is COc1ccc(CS[C@H]2C[C@@H](C(=O)N3CCN(C)CC3)N(C(=O)OCc3ccc([N+](=O)[O-])cc3)C2)cc1. The monoisotopic (exact) mass is 528 g/mol. The quantitative estimate of drug-likeness (QED) is 0.379. The van der Waals surface area contributed by atoms with Crippen LogP contribution in [0.3, 0.4) is 0 Å². The van der Waals surface area contributed by atoms with Crippen LogP contribution in [0.15, 0.2) is 48.5 Å². The Kier molecular flexibility index (Phi) is 8.88. The van der Waals surface area contributed by atoms with Gasteiger partial charge < -0.3 is 19.3 Å². The number of non-ortho nitro benzene ring substituents is 1. The summed E-state index contributed by atoms with van der Waals surface area (Å²) in [7, 11) is 3.67. The van der Waals surface area contributed by atoms with E-state index in [1.165, 1.54) is 12.1 Å². The van der Waals surface area contributed by atoms with Gasteiger partial charge in [0.2, 0.25) is 5.91 Å². The molecular formula is C26H32N4O6S. The summed E-state index contributed by atoms with van der Waals surface area (Å²) in [4.78, 5) is 42.6. The van der Waals surface area contributed by atoms with Crippen molar-refractivity contribution in [1.29, 1.82) is 0 Å². The molecule has 0 spiro atoms. The second-order valence-electron chi connectivity index (χ2n) is 9.29. The number of carbonyl (C=O) groups excluding carboxylic acids is 2. The first-order valence-corrected chi connectivity index (χ1v) is 13.3. The number of ether oxygens (including phenoxy) is 2. The van der Waals surface area contributed by atoms with E-state index < -0.39 is 17.1 Å². The normalized spacial score (nSPS) is 20.1. The summed E-state index contributed by atoms with van der Waals surface area (Å²) < 4.78 is 10.8. The van der Waals surface area contributed by atoms with E-state index in [1.807, 2.05) is 36.2 Å². The minimum absolute atomic E-state index is 0.0214. The summed E-state index contributed by atoms with van der Waals surface area (Å²) in [5, 5.41) is 11.0. The topological polar surface area (TPSA) is 105 Å². The van der Waals surface area contributed by atoms with Crippen LogP contribution in [-0.2, 0) is 21.9 Å².